The summed E-state index contributed by atoms with van der Waals surface area (Å²) in [5.41, 5.74) is 2.11. The Labute approximate surface area is 103 Å². The number of rotatable bonds is 6. The van der Waals surface area contributed by atoms with E-state index in [-0.39, 0.29) is 0 Å². The van der Waals surface area contributed by atoms with Crippen molar-refractivity contribution in [3.8, 4) is 0 Å². The van der Waals surface area contributed by atoms with Gasteiger partial charge in [0, 0.05) is 12.6 Å². The second kappa shape index (κ2) is 6.26. The Morgan fingerprint density at radius 3 is 2.69 bits per heavy atom. The van der Waals surface area contributed by atoms with Crippen LogP contribution in [0.15, 0.2) is 0 Å². The topological polar surface area (TPSA) is 29.9 Å². The third kappa shape index (κ3) is 3.22. The maximum absolute atomic E-state index is 6.25. The number of halogens is 1. The van der Waals surface area contributed by atoms with E-state index in [0.717, 1.165) is 36.6 Å². The lowest BCUT2D eigenvalue weighted by molar-refractivity contribution is 0.513. The highest BCUT2D eigenvalue weighted by molar-refractivity contribution is 6.31. The molecule has 0 aromatic carbocycles. The average Bonchev–Trinajstić information content (AvgIpc) is 2.53. The van der Waals surface area contributed by atoms with Crippen molar-refractivity contribution < 1.29 is 0 Å². The van der Waals surface area contributed by atoms with E-state index in [1.807, 2.05) is 11.6 Å². The molecule has 3 nitrogen and oxygen atoms in total. The van der Waals surface area contributed by atoms with E-state index in [1.54, 1.807) is 0 Å². The molecule has 92 valence electrons. The van der Waals surface area contributed by atoms with Gasteiger partial charge in [0.25, 0.3) is 0 Å². The fraction of sp³-hybridized carbons (Fsp3) is 0.750. The van der Waals surface area contributed by atoms with E-state index in [1.165, 1.54) is 5.69 Å². The van der Waals surface area contributed by atoms with E-state index in [2.05, 4.69) is 31.2 Å². The average molecular weight is 244 g/mol. The van der Waals surface area contributed by atoms with Crippen LogP contribution in [0.3, 0.4) is 0 Å². The summed E-state index contributed by atoms with van der Waals surface area (Å²) in [6, 6.07) is 0.529. The maximum atomic E-state index is 6.25. The van der Waals surface area contributed by atoms with E-state index < -0.39 is 0 Å². The number of hydrogen-bond donors (Lipinski definition) is 1. The third-order valence-corrected chi connectivity index (χ3v) is 3.31. The van der Waals surface area contributed by atoms with Gasteiger partial charge in [0.15, 0.2) is 0 Å². The van der Waals surface area contributed by atoms with Crippen molar-refractivity contribution in [2.24, 2.45) is 0 Å². The molecule has 0 saturated heterocycles. The van der Waals surface area contributed by atoms with Crippen LogP contribution in [0.1, 0.15) is 38.6 Å². The van der Waals surface area contributed by atoms with Crippen LogP contribution in [-0.2, 0) is 13.0 Å². The molecule has 1 unspecified atom stereocenters. The first-order valence-electron chi connectivity index (χ1n) is 6.05. The molecule has 0 aliphatic rings. The van der Waals surface area contributed by atoms with Gasteiger partial charge in [0.05, 0.1) is 16.4 Å². The van der Waals surface area contributed by atoms with Crippen molar-refractivity contribution in [2.75, 3.05) is 6.54 Å². The van der Waals surface area contributed by atoms with Gasteiger partial charge in [-0.2, -0.15) is 5.10 Å². The first-order chi connectivity index (χ1) is 7.60. The van der Waals surface area contributed by atoms with Crippen molar-refractivity contribution in [2.45, 2.75) is 53.1 Å². The van der Waals surface area contributed by atoms with Crippen molar-refractivity contribution >= 4 is 11.6 Å². The van der Waals surface area contributed by atoms with Crippen LogP contribution < -0.4 is 5.32 Å². The molecule has 0 spiro atoms. The van der Waals surface area contributed by atoms with Gasteiger partial charge in [-0.05, 0) is 40.2 Å². The molecule has 0 aliphatic carbocycles. The molecule has 0 fully saturated rings. The van der Waals surface area contributed by atoms with Gasteiger partial charge in [0.2, 0.25) is 0 Å². The first-order valence-corrected chi connectivity index (χ1v) is 6.43. The highest BCUT2D eigenvalue weighted by Crippen LogP contribution is 2.21. The molecule has 0 radical (unpaired) electrons. The Balaban J connectivity index is 2.65. The van der Waals surface area contributed by atoms with Crippen LogP contribution >= 0.6 is 11.6 Å². The molecule has 0 saturated carbocycles. The summed E-state index contributed by atoms with van der Waals surface area (Å²) >= 11 is 6.25. The molecule has 1 N–H and O–H groups in total. The zero-order chi connectivity index (χ0) is 12.1. The van der Waals surface area contributed by atoms with Crippen LogP contribution in [0.25, 0.3) is 0 Å². The number of aromatic nitrogens is 2. The van der Waals surface area contributed by atoms with Gasteiger partial charge in [0.1, 0.15) is 0 Å². The van der Waals surface area contributed by atoms with Crippen LogP contribution in [0.5, 0.6) is 0 Å². The molecule has 0 aliphatic heterocycles. The second-order valence-electron chi connectivity index (χ2n) is 4.16. The molecule has 4 heteroatoms. The third-order valence-electron chi connectivity index (χ3n) is 2.82. The zero-order valence-electron chi connectivity index (χ0n) is 10.7. The minimum atomic E-state index is 0.529. The minimum Gasteiger partial charge on any atom is -0.315 e. The standard InChI is InChI=1S/C12H22ClN3/c1-5-14-9(3)7-8-11-12(13)10(4)15-16(11)6-2/h9,14H,5-8H2,1-4H3. The molecule has 0 bridgehead atoms. The summed E-state index contributed by atoms with van der Waals surface area (Å²) < 4.78 is 2.01. The second-order valence-corrected chi connectivity index (χ2v) is 4.54. The minimum absolute atomic E-state index is 0.529. The number of aryl methyl sites for hydroxylation is 2. The smallest absolute Gasteiger partial charge is 0.0847 e. The monoisotopic (exact) mass is 243 g/mol. The van der Waals surface area contributed by atoms with E-state index in [4.69, 9.17) is 11.6 Å². The molecular formula is C12H22ClN3. The van der Waals surface area contributed by atoms with E-state index in [9.17, 15) is 0 Å². The Morgan fingerprint density at radius 1 is 1.44 bits per heavy atom. The summed E-state index contributed by atoms with van der Waals surface area (Å²) in [6.07, 6.45) is 2.08. The highest BCUT2D eigenvalue weighted by atomic mass is 35.5. The van der Waals surface area contributed by atoms with Crippen molar-refractivity contribution in [1.82, 2.24) is 15.1 Å². The Morgan fingerprint density at radius 2 is 2.12 bits per heavy atom. The molecule has 1 aromatic heterocycles. The summed E-state index contributed by atoms with van der Waals surface area (Å²) in [7, 11) is 0. The quantitative estimate of drug-likeness (QED) is 0.833. The number of nitrogens with one attached hydrogen (secondary N) is 1. The maximum Gasteiger partial charge on any atom is 0.0847 e. The van der Waals surface area contributed by atoms with Gasteiger partial charge in [-0.15, -0.1) is 0 Å². The lowest BCUT2D eigenvalue weighted by Gasteiger charge is -2.12. The zero-order valence-corrected chi connectivity index (χ0v) is 11.4. The molecule has 1 rings (SSSR count). The Hall–Kier alpha value is -0.540. The van der Waals surface area contributed by atoms with Gasteiger partial charge >= 0.3 is 0 Å². The van der Waals surface area contributed by atoms with Crippen LogP contribution in [0.4, 0.5) is 0 Å². The van der Waals surface area contributed by atoms with Crippen LogP contribution in [0, 0.1) is 6.92 Å². The van der Waals surface area contributed by atoms with Crippen LogP contribution in [0.2, 0.25) is 5.02 Å². The summed E-state index contributed by atoms with van der Waals surface area (Å²) in [5, 5.41) is 8.66. The fourth-order valence-electron chi connectivity index (χ4n) is 1.91. The molecule has 1 atom stereocenters. The predicted octanol–water partition coefficient (Wildman–Crippen LogP) is 2.80. The largest absolute Gasteiger partial charge is 0.315 e. The Bertz CT molecular complexity index is 333. The first kappa shape index (κ1) is 13.5. The van der Waals surface area contributed by atoms with Gasteiger partial charge in [-0.3, -0.25) is 4.68 Å². The highest BCUT2D eigenvalue weighted by Gasteiger charge is 2.13. The summed E-state index contributed by atoms with van der Waals surface area (Å²) in [6.45, 7) is 10.3. The lowest BCUT2D eigenvalue weighted by atomic mass is 10.1. The predicted molar refractivity (Wildman–Crippen MR) is 69.1 cm³/mol. The van der Waals surface area contributed by atoms with Crippen LogP contribution in [-0.4, -0.2) is 22.4 Å². The normalized spacial score (nSPS) is 13.1. The molecule has 16 heavy (non-hydrogen) atoms. The van der Waals surface area contributed by atoms with Crippen molar-refractivity contribution in [3.05, 3.63) is 16.4 Å². The molecule has 1 heterocycles. The van der Waals surface area contributed by atoms with Gasteiger partial charge in [-0.1, -0.05) is 18.5 Å². The summed E-state index contributed by atoms with van der Waals surface area (Å²) in [4.78, 5) is 0. The van der Waals surface area contributed by atoms with Crippen molar-refractivity contribution in [3.63, 3.8) is 0 Å². The molecule has 0 amide bonds. The number of hydrogen-bond acceptors (Lipinski definition) is 2. The van der Waals surface area contributed by atoms with E-state index in [0.29, 0.717) is 6.04 Å². The molecule has 1 aromatic rings. The summed E-state index contributed by atoms with van der Waals surface area (Å²) in [5.74, 6) is 0. The number of nitrogens with zero attached hydrogens (tertiary/aromatic N) is 2. The lowest BCUT2D eigenvalue weighted by Crippen LogP contribution is -2.26. The molecular weight excluding hydrogens is 222 g/mol. The van der Waals surface area contributed by atoms with Gasteiger partial charge in [-0.25, -0.2) is 0 Å². The van der Waals surface area contributed by atoms with E-state index >= 15 is 0 Å². The Kier molecular flexibility index (Phi) is 5.29. The van der Waals surface area contributed by atoms with Gasteiger partial charge < -0.3 is 5.32 Å². The fourth-order valence-corrected chi connectivity index (χ4v) is 2.14. The SMILES string of the molecule is CCNC(C)CCc1c(Cl)c(C)nn1CC. The van der Waals surface area contributed by atoms with Crippen molar-refractivity contribution in [1.29, 1.82) is 0 Å².